The van der Waals surface area contributed by atoms with Crippen molar-refractivity contribution >= 4 is 17.6 Å². The molecule has 1 N–H and O–H groups in total. The number of hydrogen-bond donors (Lipinski definition) is 1. The number of nitrogens with zero attached hydrogens (tertiary/aromatic N) is 4. The third-order valence-electron chi connectivity index (χ3n) is 4.57. The molecule has 1 aromatic carbocycles. The molecule has 7 heteroatoms. The molecule has 3 amide bonds. The second-order valence-electron chi connectivity index (χ2n) is 6.02. The first-order chi connectivity index (χ1) is 12.1. The maximum Gasteiger partial charge on any atom is 0.318 e. The molecule has 1 fully saturated rings. The van der Waals surface area contributed by atoms with E-state index < -0.39 is 6.04 Å². The zero-order chi connectivity index (χ0) is 17.8. The van der Waals surface area contributed by atoms with Crippen molar-refractivity contribution in [3.05, 3.63) is 48.3 Å². The van der Waals surface area contributed by atoms with Crippen LogP contribution >= 0.6 is 0 Å². The molecule has 1 unspecified atom stereocenters. The highest BCUT2D eigenvalue weighted by Gasteiger charge is 2.38. The summed E-state index contributed by atoms with van der Waals surface area (Å²) < 4.78 is 1.72. The fraction of sp³-hybridized carbons (Fsp3) is 0.389. The predicted octanol–water partition coefficient (Wildman–Crippen LogP) is 1.76. The number of carbonyl (C=O) groups excluding carboxylic acids is 2. The van der Waals surface area contributed by atoms with Crippen LogP contribution in [0.3, 0.4) is 0 Å². The molecular weight excluding hydrogens is 318 g/mol. The van der Waals surface area contributed by atoms with E-state index >= 15 is 0 Å². The minimum absolute atomic E-state index is 0.0243. The van der Waals surface area contributed by atoms with E-state index in [0.717, 1.165) is 11.4 Å². The lowest BCUT2D eigenvalue weighted by Gasteiger charge is -2.27. The van der Waals surface area contributed by atoms with E-state index in [1.807, 2.05) is 50.4 Å². The van der Waals surface area contributed by atoms with Gasteiger partial charge in [-0.25, -0.2) is 4.79 Å². The second-order valence-corrected chi connectivity index (χ2v) is 6.02. The van der Waals surface area contributed by atoms with Crippen LogP contribution in [0.1, 0.15) is 19.0 Å². The Balaban J connectivity index is 1.65. The Morgan fingerprint density at radius 1 is 1.32 bits per heavy atom. The minimum Gasteiger partial charge on any atom is -0.332 e. The lowest BCUT2D eigenvalue weighted by Crippen LogP contribution is -2.49. The monoisotopic (exact) mass is 341 g/mol. The van der Waals surface area contributed by atoms with E-state index in [2.05, 4.69) is 10.4 Å². The topological polar surface area (TPSA) is 70.5 Å². The summed E-state index contributed by atoms with van der Waals surface area (Å²) in [5.41, 5.74) is 1.79. The summed E-state index contributed by atoms with van der Waals surface area (Å²) in [4.78, 5) is 28.7. The number of amides is 3. The van der Waals surface area contributed by atoms with Gasteiger partial charge in [0.15, 0.2) is 0 Å². The van der Waals surface area contributed by atoms with Crippen LogP contribution in [-0.2, 0) is 18.4 Å². The van der Waals surface area contributed by atoms with Gasteiger partial charge < -0.3 is 15.1 Å². The molecule has 132 valence electrons. The summed E-state index contributed by atoms with van der Waals surface area (Å²) in [5.74, 6) is -0.0243. The fourth-order valence-corrected chi connectivity index (χ4v) is 3.17. The minimum atomic E-state index is -0.420. The molecule has 0 spiro atoms. The van der Waals surface area contributed by atoms with Gasteiger partial charge in [0, 0.05) is 32.0 Å². The first-order valence-electron chi connectivity index (χ1n) is 8.49. The van der Waals surface area contributed by atoms with E-state index in [4.69, 9.17) is 0 Å². The van der Waals surface area contributed by atoms with Crippen LogP contribution in [0.25, 0.3) is 0 Å². The number of nitrogens with one attached hydrogen (secondary N) is 1. The molecule has 7 nitrogen and oxygen atoms in total. The van der Waals surface area contributed by atoms with Crippen molar-refractivity contribution in [2.75, 3.05) is 18.0 Å². The average molecular weight is 341 g/mol. The van der Waals surface area contributed by atoms with E-state index in [-0.39, 0.29) is 11.9 Å². The molecule has 2 heterocycles. The van der Waals surface area contributed by atoms with E-state index in [1.165, 1.54) is 0 Å². The van der Waals surface area contributed by atoms with Gasteiger partial charge in [-0.15, -0.1) is 0 Å². The van der Waals surface area contributed by atoms with Crippen molar-refractivity contribution in [3.63, 3.8) is 0 Å². The van der Waals surface area contributed by atoms with Crippen LogP contribution < -0.4 is 10.2 Å². The zero-order valence-electron chi connectivity index (χ0n) is 14.6. The molecule has 1 saturated heterocycles. The Kier molecular flexibility index (Phi) is 5.02. The number of aromatic nitrogens is 2. The number of rotatable bonds is 5. The molecule has 25 heavy (non-hydrogen) atoms. The molecule has 2 aromatic rings. The van der Waals surface area contributed by atoms with Gasteiger partial charge in [-0.3, -0.25) is 9.48 Å². The number of benzene rings is 1. The van der Waals surface area contributed by atoms with Crippen molar-refractivity contribution in [2.24, 2.45) is 7.05 Å². The van der Waals surface area contributed by atoms with Crippen molar-refractivity contribution in [3.8, 4) is 0 Å². The number of likely N-dealkylation sites (N-methyl/N-ethyl adjacent to an activating group) is 1. The molecule has 1 atom stereocenters. The first kappa shape index (κ1) is 17.0. The molecule has 0 saturated carbocycles. The molecule has 1 aliphatic heterocycles. The smallest absolute Gasteiger partial charge is 0.318 e. The second kappa shape index (κ2) is 7.38. The van der Waals surface area contributed by atoms with Crippen molar-refractivity contribution < 1.29 is 9.59 Å². The van der Waals surface area contributed by atoms with Crippen LogP contribution in [-0.4, -0.2) is 45.8 Å². The molecular formula is C18H23N5O2. The normalized spacial score (nSPS) is 17.0. The first-order valence-corrected chi connectivity index (χ1v) is 8.49. The predicted molar refractivity (Wildman–Crippen MR) is 95.0 cm³/mol. The van der Waals surface area contributed by atoms with Crippen molar-refractivity contribution in [1.82, 2.24) is 20.0 Å². The number of aryl methyl sites for hydroxylation is 1. The standard InChI is InChI=1S/C18H23N5O2/c1-3-22(18(25)19-13-15-9-11-20-21(15)2)16-10-12-23(17(16)24)14-7-5-4-6-8-14/h4-9,11,16H,3,10,12-13H2,1-2H3,(H,19,25). The van der Waals surface area contributed by atoms with Gasteiger partial charge in [-0.1, -0.05) is 18.2 Å². The maximum atomic E-state index is 12.8. The van der Waals surface area contributed by atoms with E-state index in [0.29, 0.717) is 26.1 Å². The van der Waals surface area contributed by atoms with Gasteiger partial charge in [0.05, 0.1) is 12.2 Å². The number of carbonyl (C=O) groups is 2. The lowest BCUT2D eigenvalue weighted by molar-refractivity contribution is -0.120. The molecule has 1 aromatic heterocycles. The van der Waals surface area contributed by atoms with Crippen LogP contribution in [0.4, 0.5) is 10.5 Å². The summed E-state index contributed by atoms with van der Waals surface area (Å²) in [6.07, 6.45) is 2.33. The highest BCUT2D eigenvalue weighted by Crippen LogP contribution is 2.24. The molecule has 0 bridgehead atoms. The van der Waals surface area contributed by atoms with Crippen LogP contribution in [0.5, 0.6) is 0 Å². The van der Waals surface area contributed by atoms with Crippen molar-refractivity contribution in [2.45, 2.75) is 25.9 Å². The quantitative estimate of drug-likeness (QED) is 0.901. The van der Waals surface area contributed by atoms with Gasteiger partial charge in [0.1, 0.15) is 6.04 Å². The van der Waals surface area contributed by atoms with Gasteiger partial charge >= 0.3 is 6.03 Å². The Labute approximate surface area is 147 Å². The number of urea groups is 1. The van der Waals surface area contributed by atoms with E-state index in [9.17, 15) is 9.59 Å². The van der Waals surface area contributed by atoms with Crippen LogP contribution in [0, 0.1) is 0 Å². The van der Waals surface area contributed by atoms with Crippen molar-refractivity contribution in [1.29, 1.82) is 0 Å². The van der Waals surface area contributed by atoms with Crippen LogP contribution in [0.2, 0.25) is 0 Å². The summed E-state index contributed by atoms with van der Waals surface area (Å²) in [5, 5.41) is 6.97. The average Bonchev–Trinajstić information content (AvgIpc) is 3.21. The van der Waals surface area contributed by atoms with Crippen LogP contribution in [0.15, 0.2) is 42.6 Å². The van der Waals surface area contributed by atoms with Gasteiger partial charge in [-0.2, -0.15) is 5.10 Å². The molecule has 0 radical (unpaired) electrons. The largest absolute Gasteiger partial charge is 0.332 e. The third kappa shape index (κ3) is 3.50. The third-order valence-corrected chi connectivity index (χ3v) is 4.57. The fourth-order valence-electron chi connectivity index (χ4n) is 3.17. The summed E-state index contributed by atoms with van der Waals surface area (Å²) >= 11 is 0. The summed E-state index contributed by atoms with van der Waals surface area (Å²) in [7, 11) is 1.83. The van der Waals surface area contributed by atoms with Gasteiger partial charge in [0.25, 0.3) is 0 Å². The number of hydrogen-bond acceptors (Lipinski definition) is 3. The van der Waals surface area contributed by atoms with Gasteiger partial charge in [-0.05, 0) is 31.5 Å². The lowest BCUT2D eigenvalue weighted by atomic mass is 10.2. The summed E-state index contributed by atoms with van der Waals surface area (Å²) in [6, 6.07) is 10.8. The van der Waals surface area contributed by atoms with Gasteiger partial charge in [0.2, 0.25) is 5.91 Å². The highest BCUT2D eigenvalue weighted by molar-refractivity contribution is 6.01. The Hall–Kier alpha value is -2.83. The summed E-state index contributed by atoms with van der Waals surface area (Å²) in [6.45, 7) is 3.38. The SMILES string of the molecule is CCN(C(=O)NCc1ccnn1C)C1CCN(c2ccccc2)C1=O. The zero-order valence-corrected chi connectivity index (χ0v) is 14.6. The highest BCUT2D eigenvalue weighted by atomic mass is 16.2. The Bertz CT molecular complexity index is 743. The molecule has 0 aliphatic carbocycles. The van der Waals surface area contributed by atoms with E-state index in [1.54, 1.807) is 20.7 Å². The molecule has 1 aliphatic rings. The maximum absolute atomic E-state index is 12.8. The Morgan fingerprint density at radius 3 is 2.72 bits per heavy atom. The molecule has 3 rings (SSSR count). The number of para-hydroxylation sites is 1. The number of anilines is 1. The Morgan fingerprint density at radius 2 is 2.08 bits per heavy atom.